The number of hydrogen-bond donors (Lipinski definition) is 0. The van der Waals surface area contributed by atoms with Gasteiger partial charge in [-0.2, -0.15) is 0 Å². The highest BCUT2D eigenvalue weighted by atomic mass is 16.6. The van der Waals surface area contributed by atoms with E-state index >= 15 is 0 Å². The van der Waals surface area contributed by atoms with Crippen LogP contribution in [0.15, 0.2) is 60.9 Å². The highest BCUT2D eigenvalue weighted by Crippen LogP contribution is 2.38. The Bertz CT molecular complexity index is 1440. The third-order valence-electron chi connectivity index (χ3n) is 8.06. The molecule has 11 nitrogen and oxygen atoms in total. The van der Waals surface area contributed by atoms with Crippen molar-refractivity contribution in [2.24, 2.45) is 0 Å². The molecule has 0 unspecified atom stereocenters. The fraction of sp³-hybridized carbons (Fsp3) is 0.429. The van der Waals surface area contributed by atoms with Crippen LogP contribution in [0.3, 0.4) is 0 Å². The Morgan fingerprint density at radius 3 is 2.20 bits per heavy atom. The number of aryl methyl sites for hydroxylation is 2. The summed E-state index contributed by atoms with van der Waals surface area (Å²) in [6.45, 7) is 1.42. The van der Waals surface area contributed by atoms with Gasteiger partial charge in [0, 0.05) is 37.6 Å². The van der Waals surface area contributed by atoms with Crippen LogP contribution in [-0.4, -0.2) is 93.3 Å². The van der Waals surface area contributed by atoms with Crippen molar-refractivity contribution in [3.8, 4) is 23.0 Å². The van der Waals surface area contributed by atoms with E-state index < -0.39 is 23.8 Å². The number of likely N-dealkylation sites (tertiary alicyclic amines) is 1. The highest BCUT2D eigenvalue weighted by Gasteiger charge is 2.35. The van der Waals surface area contributed by atoms with Gasteiger partial charge in [-0.3, -0.25) is 14.6 Å². The topological polar surface area (TPSA) is 117 Å². The van der Waals surface area contributed by atoms with Crippen molar-refractivity contribution in [3.63, 3.8) is 0 Å². The number of benzene rings is 2. The molecule has 3 aromatic rings. The Balaban J connectivity index is 1.38. The fourth-order valence-electron chi connectivity index (χ4n) is 5.62. The molecule has 1 saturated heterocycles. The van der Waals surface area contributed by atoms with E-state index in [9.17, 15) is 14.4 Å². The Kier molecular flexibility index (Phi) is 12.6. The second kappa shape index (κ2) is 17.0. The number of rotatable bonds is 16. The molecule has 1 aliphatic heterocycles. The van der Waals surface area contributed by atoms with Gasteiger partial charge in [0.2, 0.25) is 5.75 Å². The predicted molar refractivity (Wildman–Crippen MR) is 172 cm³/mol. The number of aromatic nitrogens is 1. The van der Waals surface area contributed by atoms with Crippen LogP contribution in [0.2, 0.25) is 0 Å². The summed E-state index contributed by atoms with van der Waals surface area (Å²) >= 11 is 0. The molecule has 2 aromatic carbocycles. The Morgan fingerprint density at radius 2 is 1.57 bits per heavy atom. The van der Waals surface area contributed by atoms with Gasteiger partial charge in [-0.25, -0.2) is 4.79 Å². The van der Waals surface area contributed by atoms with Crippen molar-refractivity contribution in [1.29, 1.82) is 0 Å². The SMILES string of the molecule is COc1cccc(CCCN(CCCc2cccnc2)C(=O)OC[C@@H]2CCCN2C(=O)C(=O)c2cc(OC)c(OC)c(OC)c2)c1. The van der Waals surface area contributed by atoms with Crippen LogP contribution in [-0.2, 0) is 22.4 Å². The predicted octanol–water partition coefficient (Wildman–Crippen LogP) is 4.99. The molecule has 1 atom stereocenters. The molecule has 1 aliphatic rings. The van der Waals surface area contributed by atoms with Crippen LogP contribution in [0.1, 0.15) is 47.2 Å². The van der Waals surface area contributed by atoms with Crippen LogP contribution in [0.4, 0.5) is 4.79 Å². The van der Waals surface area contributed by atoms with E-state index in [4.69, 9.17) is 23.7 Å². The van der Waals surface area contributed by atoms with Gasteiger partial charge in [0.1, 0.15) is 12.4 Å². The smallest absolute Gasteiger partial charge is 0.409 e. The fourth-order valence-corrected chi connectivity index (χ4v) is 5.62. The van der Waals surface area contributed by atoms with Crippen molar-refractivity contribution in [3.05, 3.63) is 77.6 Å². The maximum atomic E-state index is 13.4. The molecule has 246 valence electrons. The van der Waals surface area contributed by atoms with E-state index in [2.05, 4.69) is 4.98 Å². The molecule has 11 heteroatoms. The zero-order valence-corrected chi connectivity index (χ0v) is 27.0. The molecule has 4 rings (SSSR count). The van der Waals surface area contributed by atoms with Crippen molar-refractivity contribution in [2.45, 2.75) is 44.6 Å². The summed E-state index contributed by atoms with van der Waals surface area (Å²) in [7, 11) is 5.99. The molecule has 0 N–H and O–H groups in total. The van der Waals surface area contributed by atoms with Crippen LogP contribution in [0.5, 0.6) is 23.0 Å². The third kappa shape index (κ3) is 8.89. The minimum atomic E-state index is -0.702. The summed E-state index contributed by atoms with van der Waals surface area (Å²) in [5.74, 6) is 0.310. The van der Waals surface area contributed by atoms with Gasteiger partial charge in [-0.15, -0.1) is 0 Å². The second-order valence-corrected chi connectivity index (χ2v) is 11.0. The van der Waals surface area contributed by atoms with E-state index in [1.165, 1.54) is 38.4 Å². The molecule has 0 spiro atoms. The molecule has 1 fully saturated rings. The van der Waals surface area contributed by atoms with Gasteiger partial charge in [0.05, 0.1) is 34.5 Å². The maximum Gasteiger partial charge on any atom is 0.409 e. The van der Waals surface area contributed by atoms with Crippen LogP contribution in [0.25, 0.3) is 0 Å². The molecule has 0 aliphatic carbocycles. The van der Waals surface area contributed by atoms with E-state index in [-0.39, 0.29) is 23.7 Å². The second-order valence-electron chi connectivity index (χ2n) is 11.0. The standard InChI is InChI=1S/C35H43N3O8/c1-42-29-15-5-10-25(20-29)12-7-17-37(18-8-13-26-11-6-16-36-23-26)35(41)46-24-28-14-9-19-38(28)34(40)32(39)27-21-30(43-2)33(45-4)31(22-27)44-3/h5-6,10-11,15-16,20-23,28H,7-9,12-14,17-19,24H2,1-4H3/t28-/m0/s1. The van der Waals surface area contributed by atoms with Crippen LogP contribution < -0.4 is 18.9 Å². The first-order valence-corrected chi connectivity index (χ1v) is 15.5. The monoisotopic (exact) mass is 633 g/mol. The number of Topliss-reactive ketones (excluding diaryl/α,β-unsaturated/α-hetero) is 1. The zero-order chi connectivity index (χ0) is 32.9. The quantitative estimate of drug-likeness (QED) is 0.159. The molecule has 46 heavy (non-hydrogen) atoms. The Labute approximate surface area is 270 Å². The molecule has 0 bridgehead atoms. The summed E-state index contributed by atoms with van der Waals surface area (Å²) < 4.78 is 27.2. The van der Waals surface area contributed by atoms with Gasteiger partial charge in [0.25, 0.3) is 11.7 Å². The molecule has 0 radical (unpaired) electrons. The number of carbonyl (C=O) groups excluding carboxylic acids is 3. The summed E-state index contributed by atoms with van der Waals surface area (Å²) in [4.78, 5) is 47.5. The van der Waals surface area contributed by atoms with Crippen molar-refractivity contribution >= 4 is 17.8 Å². The molecular weight excluding hydrogens is 590 g/mol. The number of hydrogen-bond acceptors (Lipinski definition) is 9. The van der Waals surface area contributed by atoms with Gasteiger partial charge in [-0.1, -0.05) is 18.2 Å². The van der Waals surface area contributed by atoms with Gasteiger partial charge < -0.3 is 33.5 Å². The summed E-state index contributed by atoms with van der Waals surface area (Å²) in [6.07, 6.45) is 7.50. The number of ether oxygens (including phenoxy) is 5. The van der Waals surface area contributed by atoms with Gasteiger partial charge in [0.15, 0.2) is 11.5 Å². The normalized spacial score (nSPS) is 14.0. The average Bonchev–Trinajstić information content (AvgIpc) is 3.57. The number of ketones is 1. The first-order chi connectivity index (χ1) is 22.4. The summed E-state index contributed by atoms with van der Waals surface area (Å²) in [5.41, 5.74) is 2.35. The first kappa shape index (κ1) is 34.1. The minimum Gasteiger partial charge on any atom is -0.497 e. The van der Waals surface area contributed by atoms with Crippen molar-refractivity contribution in [2.75, 3.05) is 54.7 Å². The molecule has 2 amide bonds. The Hall–Kier alpha value is -4.80. The lowest BCUT2D eigenvalue weighted by Gasteiger charge is -2.27. The summed E-state index contributed by atoms with van der Waals surface area (Å²) in [5, 5.41) is 0. The lowest BCUT2D eigenvalue weighted by atomic mass is 10.1. The molecular formula is C35H43N3O8. The molecule has 0 saturated carbocycles. The van der Waals surface area contributed by atoms with Crippen molar-refractivity contribution < 1.29 is 38.1 Å². The minimum absolute atomic E-state index is 0.00208. The van der Waals surface area contributed by atoms with E-state index in [0.717, 1.165) is 42.6 Å². The first-order valence-electron chi connectivity index (χ1n) is 15.5. The lowest BCUT2D eigenvalue weighted by Crippen LogP contribution is -2.43. The molecule has 1 aromatic heterocycles. The number of carbonyl (C=O) groups is 3. The largest absolute Gasteiger partial charge is 0.497 e. The highest BCUT2D eigenvalue weighted by molar-refractivity contribution is 6.43. The summed E-state index contributed by atoms with van der Waals surface area (Å²) in [6, 6.07) is 14.3. The van der Waals surface area contributed by atoms with Gasteiger partial charge in [-0.05, 0) is 80.0 Å². The number of amides is 2. The number of pyridine rings is 1. The van der Waals surface area contributed by atoms with E-state index in [0.29, 0.717) is 38.2 Å². The Morgan fingerprint density at radius 1 is 0.870 bits per heavy atom. The maximum absolute atomic E-state index is 13.4. The lowest BCUT2D eigenvalue weighted by molar-refractivity contribution is -0.128. The number of nitrogens with zero attached hydrogens (tertiary/aromatic N) is 3. The van der Waals surface area contributed by atoms with E-state index in [1.807, 2.05) is 42.6 Å². The third-order valence-corrected chi connectivity index (χ3v) is 8.06. The van der Waals surface area contributed by atoms with E-state index in [1.54, 1.807) is 18.2 Å². The van der Waals surface area contributed by atoms with Crippen LogP contribution >= 0.6 is 0 Å². The van der Waals surface area contributed by atoms with Crippen molar-refractivity contribution in [1.82, 2.24) is 14.8 Å². The number of methoxy groups -OCH3 is 4. The zero-order valence-electron chi connectivity index (χ0n) is 27.0. The van der Waals surface area contributed by atoms with Crippen LogP contribution in [0, 0.1) is 0 Å². The molecule has 2 heterocycles. The van der Waals surface area contributed by atoms with Gasteiger partial charge >= 0.3 is 6.09 Å². The average molecular weight is 634 g/mol.